The average Bonchev–Trinajstić information content (AvgIpc) is 3.08. The largest absolute Gasteiger partial charge is 0.379 e. The minimum absolute atomic E-state index is 0.0735. The van der Waals surface area contributed by atoms with Crippen molar-refractivity contribution in [2.75, 3.05) is 26.3 Å². The van der Waals surface area contributed by atoms with Crippen LogP contribution in [-0.4, -0.2) is 53.5 Å². The molecule has 1 N–H and O–H groups in total. The third kappa shape index (κ3) is 6.00. The van der Waals surface area contributed by atoms with Gasteiger partial charge in [-0.05, 0) is 49.3 Å². The van der Waals surface area contributed by atoms with E-state index in [0.29, 0.717) is 39.1 Å². The van der Waals surface area contributed by atoms with Crippen LogP contribution in [0.4, 0.5) is 0 Å². The van der Waals surface area contributed by atoms with Gasteiger partial charge in [0.1, 0.15) is 5.54 Å². The van der Waals surface area contributed by atoms with Gasteiger partial charge in [-0.1, -0.05) is 48.5 Å². The summed E-state index contributed by atoms with van der Waals surface area (Å²) < 4.78 is 5.86. The van der Waals surface area contributed by atoms with Gasteiger partial charge in [-0.2, -0.15) is 0 Å². The lowest BCUT2D eigenvalue weighted by Gasteiger charge is -2.33. The molecular weight excluding hydrogens is 426 g/mol. The van der Waals surface area contributed by atoms with Gasteiger partial charge in [0, 0.05) is 43.2 Å². The second-order valence-corrected chi connectivity index (χ2v) is 9.57. The second-order valence-electron chi connectivity index (χ2n) is 9.57. The van der Waals surface area contributed by atoms with Crippen LogP contribution in [0.2, 0.25) is 0 Å². The Bertz CT molecular complexity index is 1120. The van der Waals surface area contributed by atoms with Gasteiger partial charge in [-0.15, -0.1) is 0 Å². The number of ether oxygens (including phenoxy) is 1. The molecule has 1 aliphatic heterocycles. The van der Waals surface area contributed by atoms with E-state index in [9.17, 15) is 9.59 Å². The predicted molar refractivity (Wildman–Crippen MR) is 133 cm³/mol. The van der Waals surface area contributed by atoms with Gasteiger partial charge in [0.15, 0.2) is 0 Å². The molecule has 0 bridgehead atoms. The van der Waals surface area contributed by atoms with E-state index in [2.05, 4.69) is 28.5 Å². The summed E-state index contributed by atoms with van der Waals surface area (Å²) in [5.74, 6) is -0.0226. The van der Waals surface area contributed by atoms with Crippen molar-refractivity contribution < 1.29 is 14.3 Å². The molecule has 0 radical (unpaired) electrons. The number of aromatic nitrogens is 1. The number of benzene rings is 2. The minimum atomic E-state index is -0.980. The summed E-state index contributed by atoms with van der Waals surface area (Å²) in [6.07, 6.45) is 5.51. The molecule has 2 aromatic carbocycles. The molecule has 34 heavy (non-hydrogen) atoms. The van der Waals surface area contributed by atoms with Crippen molar-refractivity contribution in [1.82, 2.24) is 15.2 Å². The highest BCUT2D eigenvalue weighted by molar-refractivity contribution is 5.91. The Labute approximate surface area is 201 Å². The van der Waals surface area contributed by atoms with Crippen LogP contribution in [-0.2, 0) is 27.2 Å². The van der Waals surface area contributed by atoms with Crippen molar-refractivity contribution in [1.29, 1.82) is 0 Å². The van der Waals surface area contributed by atoms with Crippen LogP contribution < -0.4 is 5.32 Å². The number of hydrogen-bond donors (Lipinski definition) is 1. The number of aryl methyl sites for hydroxylation is 1. The molecule has 1 atom stereocenters. The Morgan fingerprint density at radius 2 is 1.94 bits per heavy atom. The first kappa shape index (κ1) is 23.9. The summed E-state index contributed by atoms with van der Waals surface area (Å²) in [5.41, 5.74) is 1.34. The molecule has 0 aliphatic carbocycles. The number of fused-ring (bicyclic) bond motifs is 1. The number of amides is 2. The molecule has 178 valence electrons. The molecule has 4 rings (SSSR count). The smallest absolute Gasteiger partial charge is 0.247 e. The number of hydrogen-bond acceptors (Lipinski definition) is 4. The van der Waals surface area contributed by atoms with Crippen molar-refractivity contribution >= 4 is 22.6 Å². The fourth-order valence-electron chi connectivity index (χ4n) is 4.62. The van der Waals surface area contributed by atoms with Crippen molar-refractivity contribution in [3.63, 3.8) is 0 Å². The van der Waals surface area contributed by atoms with E-state index in [-0.39, 0.29) is 17.7 Å². The number of carbonyl (C=O) groups is 2. The van der Waals surface area contributed by atoms with Crippen LogP contribution in [0.25, 0.3) is 10.8 Å². The average molecular weight is 460 g/mol. The first-order valence-electron chi connectivity index (χ1n) is 12.0. The molecular formula is C28H33N3O3. The zero-order valence-corrected chi connectivity index (χ0v) is 20.0. The van der Waals surface area contributed by atoms with Gasteiger partial charge in [0.05, 0.1) is 13.2 Å². The molecule has 0 spiro atoms. The van der Waals surface area contributed by atoms with Gasteiger partial charge >= 0.3 is 0 Å². The van der Waals surface area contributed by atoms with E-state index in [1.54, 1.807) is 20.0 Å². The normalized spacial score (nSPS) is 16.8. The molecule has 1 saturated heterocycles. The zero-order valence-electron chi connectivity index (χ0n) is 20.0. The Morgan fingerprint density at radius 3 is 2.76 bits per heavy atom. The zero-order chi connectivity index (χ0) is 24.0. The Morgan fingerprint density at radius 1 is 1.12 bits per heavy atom. The number of nitrogens with zero attached hydrogens (tertiary/aromatic N) is 2. The molecule has 2 amide bonds. The van der Waals surface area contributed by atoms with Crippen LogP contribution in [0.15, 0.2) is 67.0 Å². The van der Waals surface area contributed by atoms with E-state index in [1.165, 1.54) is 5.56 Å². The molecule has 2 heterocycles. The first-order chi connectivity index (χ1) is 16.4. The van der Waals surface area contributed by atoms with Gasteiger partial charge in [-0.25, -0.2) is 0 Å². The SMILES string of the molecule is CC(C)(NC(=O)CCc1ccccc1)C(=O)N1CCOC[C@H](Cc2cccc3ccncc23)C1. The topological polar surface area (TPSA) is 71.5 Å². The van der Waals surface area contributed by atoms with Crippen LogP contribution in [0.1, 0.15) is 31.4 Å². The van der Waals surface area contributed by atoms with Crippen LogP contribution in [0.5, 0.6) is 0 Å². The van der Waals surface area contributed by atoms with Gasteiger partial charge in [0.2, 0.25) is 11.8 Å². The highest BCUT2D eigenvalue weighted by Crippen LogP contribution is 2.23. The third-order valence-corrected chi connectivity index (χ3v) is 6.38. The van der Waals surface area contributed by atoms with E-state index in [0.717, 1.165) is 22.8 Å². The summed E-state index contributed by atoms with van der Waals surface area (Å²) in [6.45, 7) is 5.79. The molecule has 0 saturated carbocycles. The molecule has 1 fully saturated rings. The fourth-order valence-corrected chi connectivity index (χ4v) is 4.62. The van der Waals surface area contributed by atoms with Crippen LogP contribution in [0, 0.1) is 5.92 Å². The van der Waals surface area contributed by atoms with Gasteiger partial charge in [0.25, 0.3) is 0 Å². The molecule has 1 aliphatic rings. The van der Waals surface area contributed by atoms with Crippen LogP contribution in [0.3, 0.4) is 0 Å². The lowest BCUT2D eigenvalue weighted by Crippen LogP contribution is -2.57. The van der Waals surface area contributed by atoms with Gasteiger partial charge in [-0.3, -0.25) is 14.6 Å². The van der Waals surface area contributed by atoms with Crippen molar-refractivity contribution in [2.24, 2.45) is 5.92 Å². The summed E-state index contributed by atoms with van der Waals surface area (Å²) in [4.78, 5) is 32.2. The lowest BCUT2D eigenvalue weighted by molar-refractivity contribution is -0.140. The maximum absolute atomic E-state index is 13.4. The summed E-state index contributed by atoms with van der Waals surface area (Å²) in [6, 6.07) is 18.2. The second kappa shape index (κ2) is 10.8. The fraction of sp³-hybridized carbons (Fsp3) is 0.393. The predicted octanol–water partition coefficient (Wildman–Crippen LogP) is 3.78. The molecule has 1 aromatic heterocycles. The minimum Gasteiger partial charge on any atom is -0.379 e. The maximum atomic E-state index is 13.4. The number of rotatable bonds is 7. The maximum Gasteiger partial charge on any atom is 0.247 e. The Kier molecular flexibility index (Phi) is 7.58. The number of pyridine rings is 1. The summed E-state index contributed by atoms with van der Waals surface area (Å²) in [5, 5.41) is 5.25. The Balaban J connectivity index is 1.38. The molecule has 3 aromatic rings. The van der Waals surface area contributed by atoms with E-state index in [4.69, 9.17) is 4.74 Å². The monoisotopic (exact) mass is 459 g/mol. The Hall–Kier alpha value is -3.25. The molecule has 6 heteroatoms. The van der Waals surface area contributed by atoms with Crippen LogP contribution >= 0.6 is 0 Å². The summed E-state index contributed by atoms with van der Waals surface area (Å²) >= 11 is 0. The van der Waals surface area contributed by atoms with E-state index >= 15 is 0 Å². The highest BCUT2D eigenvalue weighted by atomic mass is 16.5. The first-order valence-corrected chi connectivity index (χ1v) is 12.0. The van der Waals surface area contributed by atoms with E-state index < -0.39 is 5.54 Å². The highest BCUT2D eigenvalue weighted by Gasteiger charge is 2.35. The quantitative estimate of drug-likeness (QED) is 0.584. The number of nitrogens with one attached hydrogen (secondary N) is 1. The number of carbonyl (C=O) groups excluding carboxylic acids is 2. The van der Waals surface area contributed by atoms with Gasteiger partial charge < -0.3 is 15.0 Å². The van der Waals surface area contributed by atoms with E-state index in [1.807, 2.05) is 47.5 Å². The lowest BCUT2D eigenvalue weighted by atomic mass is 9.95. The molecule has 0 unspecified atom stereocenters. The summed E-state index contributed by atoms with van der Waals surface area (Å²) in [7, 11) is 0. The van der Waals surface area contributed by atoms with Crippen molar-refractivity contribution in [2.45, 2.75) is 38.6 Å². The third-order valence-electron chi connectivity index (χ3n) is 6.38. The van der Waals surface area contributed by atoms with Crippen molar-refractivity contribution in [3.8, 4) is 0 Å². The molecule has 6 nitrogen and oxygen atoms in total. The van der Waals surface area contributed by atoms with Crippen molar-refractivity contribution in [3.05, 3.63) is 78.1 Å². The standard InChI is InChI=1S/C28H33N3O3/c1-28(2,30-26(32)12-11-21-7-4-3-5-8-21)27(33)31-15-16-34-20-22(19-31)17-24-10-6-9-23-13-14-29-18-25(23)24/h3-10,13-14,18,22H,11-12,15-17,19-20H2,1-2H3,(H,30,32)/t22-/m1/s1.